The fraction of sp³-hybridized carbons (Fsp3) is 0.125. The van der Waals surface area contributed by atoms with E-state index in [1.54, 1.807) is 13.2 Å². The second-order valence-corrected chi connectivity index (χ2v) is 5.49. The van der Waals surface area contributed by atoms with Crippen LogP contribution >= 0.6 is 11.8 Å². The topological polar surface area (TPSA) is 55.0 Å². The quantitative estimate of drug-likeness (QED) is 0.593. The number of fused-ring (bicyclic) bond motifs is 1. The highest BCUT2D eigenvalue weighted by Gasteiger charge is 2.04. The minimum atomic E-state index is -0.0992. The molecule has 0 radical (unpaired) electrons. The van der Waals surface area contributed by atoms with Gasteiger partial charge in [-0.2, -0.15) is 0 Å². The third kappa shape index (κ3) is 3.08. The molecule has 0 amide bonds. The lowest BCUT2D eigenvalue weighted by molar-refractivity contribution is 0.414. The zero-order valence-electron chi connectivity index (χ0n) is 11.5. The SMILES string of the molecule is COc1ccc(CSc2nc3ccccc3c(=O)[nH]2)cc1. The second kappa shape index (κ2) is 6.01. The van der Waals surface area contributed by atoms with Gasteiger partial charge in [-0.25, -0.2) is 4.98 Å². The van der Waals surface area contributed by atoms with Crippen molar-refractivity contribution in [3.8, 4) is 5.75 Å². The van der Waals surface area contributed by atoms with E-state index in [1.165, 1.54) is 11.8 Å². The molecule has 21 heavy (non-hydrogen) atoms. The smallest absolute Gasteiger partial charge is 0.259 e. The summed E-state index contributed by atoms with van der Waals surface area (Å²) in [6, 6.07) is 15.2. The van der Waals surface area contributed by atoms with Crippen molar-refractivity contribution in [3.05, 3.63) is 64.4 Å². The van der Waals surface area contributed by atoms with E-state index in [0.29, 0.717) is 10.5 Å². The number of aromatic nitrogens is 2. The lowest BCUT2D eigenvalue weighted by Crippen LogP contribution is -2.08. The van der Waals surface area contributed by atoms with Gasteiger partial charge in [-0.3, -0.25) is 4.79 Å². The molecule has 0 aliphatic heterocycles. The molecule has 0 aliphatic rings. The van der Waals surface area contributed by atoms with Gasteiger partial charge in [0.25, 0.3) is 5.56 Å². The third-order valence-corrected chi connectivity index (χ3v) is 4.07. The number of hydrogen-bond acceptors (Lipinski definition) is 4. The van der Waals surface area contributed by atoms with Gasteiger partial charge >= 0.3 is 0 Å². The molecule has 0 fully saturated rings. The number of ether oxygens (including phenoxy) is 1. The fourth-order valence-corrected chi connectivity index (χ4v) is 2.83. The van der Waals surface area contributed by atoms with Crippen molar-refractivity contribution in [2.75, 3.05) is 7.11 Å². The fourth-order valence-electron chi connectivity index (χ4n) is 2.01. The highest BCUT2D eigenvalue weighted by molar-refractivity contribution is 7.98. The van der Waals surface area contributed by atoms with Gasteiger partial charge in [-0.05, 0) is 29.8 Å². The maximum absolute atomic E-state index is 12.0. The van der Waals surface area contributed by atoms with Crippen molar-refractivity contribution < 1.29 is 4.74 Å². The summed E-state index contributed by atoms with van der Waals surface area (Å²) >= 11 is 1.51. The summed E-state index contributed by atoms with van der Waals surface area (Å²) in [5, 5.41) is 1.25. The Balaban J connectivity index is 1.80. The van der Waals surface area contributed by atoms with Crippen LogP contribution in [0.3, 0.4) is 0 Å². The molecular formula is C16H14N2O2S. The summed E-state index contributed by atoms with van der Waals surface area (Å²) in [7, 11) is 1.65. The molecule has 0 bridgehead atoms. The summed E-state index contributed by atoms with van der Waals surface area (Å²) in [5.41, 5.74) is 1.77. The first-order valence-electron chi connectivity index (χ1n) is 6.51. The molecule has 2 aromatic carbocycles. The van der Waals surface area contributed by atoms with E-state index in [1.807, 2.05) is 42.5 Å². The molecule has 106 valence electrons. The van der Waals surface area contributed by atoms with Crippen LogP contribution < -0.4 is 10.3 Å². The highest BCUT2D eigenvalue weighted by Crippen LogP contribution is 2.21. The number of nitrogens with one attached hydrogen (secondary N) is 1. The molecule has 4 nitrogen and oxygen atoms in total. The van der Waals surface area contributed by atoms with Gasteiger partial charge in [-0.15, -0.1) is 0 Å². The Kier molecular flexibility index (Phi) is 3.92. The van der Waals surface area contributed by atoms with E-state index in [2.05, 4.69) is 9.97 Å². The number of nitrogens with zero attached hydrogens (tertiary/aromatic N) is 1. The Labute approximate surface area is 126 Å². The predicted molar refractivity (Wildman–Crippen MR) is 84.9 cm³/mol. The molecule has 0 aliphatic carbocycles. The van der Waals surface area contributed by atoms with Crippen molar-refractivity contribution in [2.45, 2.75) is 10.9 Å². The van der Waals surface area contributed by atoms with Crippen LogP contribution in [0.5, 0.6) is 5.75 Å². The molecule has 3 rings (SSSR count). The van der Waals surface area contributed by atoms with Crippen molar-refractivity contribution in [2.24, 2.45) is 0 Å². The van der Waals surface area contributed by atoms with E-state index in [-0.39, 0.29) is 5.56 Å². The van der Waals surface area contributed by atoms with Gasteiger partial charge in [0.1, 0.15) is 5.75 Å². The normalized spacial score (nSPS) is 10.7. The summed E-state index contributed by atoms with van der Waals surface area (Å²) < 4.78 is 5.13. The van der Waals surface area contributed by atoms with Crippen molar-refractivity contribution in [1.29, 1.82) is 0 Å². The van der Waals surface area contributed by atoms with Crippen LogP contribution in [0.15, 0.2) is 58.5 Å². The van der Waals surface area contributed by atoms with E-state index >= 15 is 0 Å². The summed E-state index contributed by atoms with van der Waals surface area (Å²) in [4.78, 5) is 19.3. The molecule has 0 saturated carbocycles. The zero-order chi connectivity index (χ0) is 14.7. The third-order valence-electron chi connectivity index (χ3n) is 3.13. The van der Waals surface area contributed by atoms with Crippen LogP contribution in [0.2, 0.25) is 0 Å². The molecule has 1 heterocycles. The van der Waals surface area contributed by atoms with Gasteiger partial charge in [-0.1, -0.05) is 36.0 Å². The number of hydrogen-bond donors (Lipinski definition) is 1. The Bertz CT molecular complexity index is 812. The number of rotatable bonds is 4. The molecule has 0 atom stereocenters. The minimum Gasteiger partial charge on any atom is -0.497 e. The Morgan fingerprint density at radius 3 is 2.67 bits per heavy atom. The first kappa shape index (κ1) is 13.7. The zero-order valence-corrected chi connectivity index (χ0v) is 12.3. The van der Waals surface area contributed by atoms with Gasteiger partial charge in [0.15, 0.2) is 5.16 Å². The molecule has 5 heteroatoms. The minimum absolute atomic E-state index is 0.0992. The number of para-hydroxylation sites is 1. The van der Waals surface area contributed by atoms with E-state index in [9.17, 15) is 4.79 Å². The largest absolute Gasteiger partial charge is 0.497 e. The molecule has 0 spiro atoms. The lowest BCUT2D eigenvalue weighted by atomic mass is 10.2. The number of methoxy groups -OCH3 is 1. The maximum Gasteiger partial charge on any atom is 0.259 e. The first-order chi connectivity index (χ1) is 10.3. The van der Waals surface area contributed by atoms with Gasteiger partial charge < -0.3 is 9.72 Å². The van der Waals surface area contributed by atoms with E-state index < -0.39 is 0 Å². The molecule has 3 aromatic rings. The second-order valence-electron chi connectivity index (χ2n) is 4.52. The Hall–Kier alpha value is -2.27. The molecular weight excluding hydrogens is 284 g/mol. The number of H-pyrrole nitrogens is 1. The lowest BCUT2D eigenvalue weighted by Gasteiger charge is -2.04. The average molecular weight is 298 g/mol. The van der Waals surface area contributed by atoms with Gasteiger partial charge in [0, 0.05) is 5.75 Å². The summed E-state index contributed by atoms with van der Waals surface area (Å²) in [5.74, 6) is 1.58. The molecule has 1 N–H and O–H groups in total. The van der Waals surface area contributed by atoms with E-state index in [0.717, 1.165) is 22.6 Å². The van der Waals surface area contributed by atoms with Crippen LogP contribution in [0.4, 0.5) is 0 Å². The van der Waals surface area contributed by atoms with Gasteiger partial charge in [0.05, 0.1) is 18.0 Å². The predicted octanol–water partition coefficient (Wildman–Crippen LogP) is 3.22. The highest BCUT2D eigenvalue weighted by atomic mass is 32.2. The van der Waals surface area contributed by atoms with E-state index in [4.69, 9.17) is 4.74 Å². The summed E-state index contributed by atoms with van der Waals surface area (Å²) in [6.07, 6.45) is 0. The molecule has 1 aromatic heterocycles. The van der Waals surface area contributed by atoms with Crippen molar-refractivity contribution in [1.82, 2.24) is 9.97 Å². The standard InChI is InChI=1S/C16H14N2O2S/c1-20-12-8-6-11(7-9-12)10-21-16-17-14-5-3-2-4-13(14)15(19)18-16/h2-9H,10H2,1H3,(H,17,18,19). The Morgan fingerprint density at radius 1 is 1.14 bits per heavy atom. The summed E-state index contributed by atoms with van der Waals surface area (Å²) in [6.45, 7) is 0. The number of thioether (sulfide) groups is 1. The van der Waals surface area contributed by atoms with Crippen molar-refractivity contribution >= 4 is 22.7 Å². The monoisotopic (exact) mass is 298 g/mol. The van der Waals surface area contributed by atoms with Crippen LogP contribution in [-0.4, -0.2) is 17.1 Å². The Morgan fingerprint density at radius 2 is 1.90 bits per heavy atom. The van der Waals surface area contributed by atoms with Crippen LogP contribution in [0, 0.1) is 0 Å². The van der Waals surface area contributed by atoms with Crippen LogP contribution in [0.25, 0.3) is 10.9 Å². The van der Waals surface area contributed by atoms with Crippen molar-refractivity contribution in [3.63, 3.8) is 0 Å². The first-order valence-corrected chi connectivity index (χ1v) is 7.49. The van der Waals surface area contributed by atoms with Gasteiger partial charge in [0.2, 0.25) is 0 Å². The molecule has 0 saturated heterocycles. The maximum atomic E-state index is 12.0. The van der Waals surface area contributed by atoms with Crippen LogP contribution in [0.1, 0.15) is 5.56 Å². The molecule has 0 unspecified atom stereocenters. The average Bonchev–Trinajstić information content (AvgIpc) is 2.53. The number of aromatic amines is 1. The van der Waals surface area contributed by atoms with Crippen LogP contribution in [-0.2, 0) is 5.75 Å². The number of benzene rings is 2.